The first kappa shape index (κ1) is 16.5. The lowest BCUT2D eigenvalue weighted by atomic mass is 10.1. The van der Waals surface area contributed by atoms with Gasteiger partial charge in [-0.05, 0) is 25.7 Å². The molecule has 2 atom stereocenters. The minimum Gasteiger partial charge on any atom is -0.369 e. The van der Waals surface area contributed by atoms with Gasteiger partial charge in [-0.15, -0.1) is 0 Å². The Morgan fingerprint density at radius 2 is 1.53 bits per heavy atom. The maximum atomic E-state index is 5.70. The van der Waals surface area contributed by atoms with Crippen LogP contribution in [0.15, 0.2) is 24.3 Å². The van der Waals surface area contributed by atoms with Crippen LogP contribution in [0.1, 0.15) is 78.1 Å². The summed E-state index contributed by atoms with van der Waals surface area (Å²) in [4.78, 5) is 0. The molecule has 1 aliphatic heterocycles. The molecule has 0 aromatic rings. The molecule has 0 spiro atoms. The van der Waals surface area contributed by atoms with Crippen LogP contribution in [0.2, 0.25) is 0 Å². The second-order valence-electron chi connectivity index (χ2n) is 5.59. The molecule has 0 aliphatic carbocycles. The molecule has 1 rings (SSSR count). The lowest BCUT2D eigenvalue weighted by Crippen LogP contribution is -1.92. The quantitative estimate of drug-likeness (QED) is 0.246. The second kappa shape index (κ2) is 11.3. The highest BCUT2D eigenvalue weighted by atomic mass is 16.6. The molecule has 0 aromatic heterocycles. The van der Waals surface area contributed by atoms with E-state index in [0.717, 1.165) is 19.3 Å². The summed E-state index contributed by atoms with van der Waals surface area (Å²) in [6, 6.07) is 0. The van der Waals surface area contributed by atoms with Gasteiger partial charge >= 0.3 is 0 Å². The number of hydrogen-bond acceptors (Lipinski definition) is 1. The van der Waals surface area contributed by atoms with E-state index < -0.39 is 0 Å². The van der Waals surface area contributed by atoms with E-state index in [0.29, 0.717) is 12.2 Å². The van der Waals surface area contributed by atoms with Gasteiger partial charge in [0.15, 0.2) is 0 Å². The molecule has 1 nitrogen and oxygen atoms in total. The summed E-state index contributed by atoms with van der Waals surface area (Å²) in [5.74, 6) is 0. The van der Waals surface area contributed by atoms with Crippen molar-refractivity contribution in [3.63, 3.8) is 0 Å². The minimum atomic E-state index is 0.530. The largest absolute Gasteiger partial charge is 0.369 e. The summed E-state index contributed by atoms with van der Waals surface area (Å²) >= 11 is 0. The van der Waals surface area contributed by atoms with E-state index >= 15 is 0 Å². The first-order valence-corrected chi connectivity index (χ1v) is 8.34. The molecule has 2 unspecified atom stereocenters. The summed E-state index contributed by atoms with van der Waals surface area (Å²) in [6.07, 6.45) is 23.0. The highest BCUT2D eigenvalue weighted by Crippen LogP contribution is 2.30. The first-order chi connectivity index (χ1) is 9.38. The lowest BCUT2D eigenvalue weighted by Gasteiger charge is -1.98. The molecule has 1 saturated heterocycles. The minimum absolute atomic E-state index is 0.530. The number of epoxide rings is 1. The van der Waals surface area contributed by atoms with E-state index in [1.54, 1.807) is 0 Å². The fourth-order valence-electron chi connectivity index (χ4n) is 2.43. The van der Waals surface area contributed by atoms with Crippen LogP contribution < -0.4 is 0 Å². The van der Waals surface area contributed by atoms with E-state index in [-0.39, 0.29) is 0 Å². The fraction of sp³-hybridized carbons (Fsp3) is 0.778. The Morgan fingerprint density at radius 3 is 2.32 bits per heavy atom. The number of hydrogen-bond donors (Lipinski definition) is 0. The first-order valence-electron chi connectivity index (χ1n) is 8.34. The topological polar surface area (TPSA) is 12.5 Å². The Bertz CT molecular complexity index is 254. The number of ether oxygens (including phenoxy) is 1. The average Bonchev–Trinajstić information content (AvgIpc) is 3.16. The van der Waals surface area contributed by atoms with Gasteiger partial charge < -0.3 is 4.74 Å². The lowest BCUT2D eigenvalue weighted by molar-refractivity contribution is 0.358. The van der Waals surface area contributed by atoms with Gasteiger partial charge in [0.05, 0.1) is 12.2 Å². The van der Waals surface area contributed by atoms with Crippen molar-refractivity contribution in [2.45, 2.75) is 90.3 Å². The third-order valence-corrected chi connectivity index (χ3v) is 3.74. The van der Waals surface area contributed by atoms with Crippen molar-refractivity contribution >= 4 is 0 Å². The van der Waals surface area contributed by atoms with Crippen molar-refractivity contribution < 1.29 is 4.74 Å². The van der Waals surface area contributed by atoms with Crippen molar-refractivity contribution in [3.8, 4) is 0 Å². The third kappa shape index (κ3) is 9.04. The molecule has 0 amide bonds. The normalized spacial score (nSPS) is 22.6. The molecule has 0 radical (unpaired) electrons. The molecule has 0 N–H and O–H groups in total. The van der Waals surface area contributed by atoms with Crippen LogP contribution in [0.25, 0.3) is 0 Å². The van der Waals surface area contributed by atoms with Gasteiger partial charge in [-0.3, -0.25) is 0 Å². The molecule has 0 aromatic carbocycles. The highest BCUT2D eigenvalue weighted by Gasteiger charge is 2.36. The standard InChI is InChI=1S/C18H32O/c1-3-5-7-9-11-13-15-17-18(19-17)16-14-12-10-8-6-4-2/h5,7,11,13,17-18H,3-4,6,8-10,12,14-16H2,1-2H3/b7-5+,13-11+. The van der Waals surface area contributed by atoms with E-state index in [2.05, 4.69) is 38.2 Å². The Hall–Kier alpha value is -0.560. The van der Waals surface area contributed by atoms with Crippen LogP contribution >= 0.6 is 0 Å². The SMILES string of the molecule is CC/C=C/C/C=C/CC1OC1CCCCCCCC. The molecule has 1 heteroatoms. The number of allylic oxidation sites excluding steroid dienone is 3. The Morgan fingerprint density at radius 1 is 0.789 bits per heavy atom. The van der Waals surface area contributed by atoms with E-state index in [1.165, 1.54) is 44.9 Å². The van der Waals surface area contributed by atoms with Gasteiger partial charge in [-0.25, -0.2) is 0 Å². The Balaban J connectivity index is 1.87. The van der Waals surface area contributed by atoms with Gasteiger partial charge in [-0.1, -0.05) is 76.7 Å². The number of rotatable bonds is 12. The summed E-state index contributed by atoms with van der Waals surface area (Å²) in [5.41, 5.74) is 0. The Labute approximate surface area is 120 Å². The zero-order valence-electron chi connectivity index (χ0n) is 12.9. The maximum Gasteiger partial charge on any atom is 0.0876 e. The van der Waals surface area contributed by atoms with Crippen molar-refractivity contribution in [2.24, 2.45) is 0 Å². The maximum absolute atomic E-state index is 5.70. The zero-order valence-corrected chi connectivity index (χ0v) is 12.9. The van der Waals surface area contributed by atoms with Gasteiger partial charge in [-0.2, -0.15) is 0 Å². The summed E-state index contributed by atoms with van der Waals surface area (Å²) in [5, 5.41) is 0. The molecular weight excluding hydrogens is 232 g/mol. The Kier molecular flexibility index (Phi) is 9.79. The summed E-state index contributed by atoms with van der Waals surface area (Å²) in [6.45, 7) is 4.44. The van der Waals surface area contributed by atoms with Gasteiger partial charge in [0.1, 0.15) is 0 Å². The predicted molar refractivity (Wildman–Crippen MR) is 84.5 cm³/mol. The molecule has 19 heavy (non-hydrogen) atoms. The van der Waals surface area contributed by atoms with Crippen LogP contribution in [0, 0.1) is 0 Å². The van der Waals surface area contributed by atoms with Crippen molar-refractivity contribution in [3.05, 3.63) is 24.3 Å². The van der Waals surface area contributed by atoms with Gasteiger partial charge in [0, 0.05) is 0 Å². The fourth-order valence-corrected chi connectivity index (χ4v) is 2.43. The van der Waals surface area contributed by atoms with Crippen molar-refractivity contribution in [1.82, 2.24) is 0 Å². The average molecular weight is 264 g/mol. The van der Waals surface area contributed by atoms with Crippen LogP contribution in [-0.2, 0) is 4.74 Å². The smallest absolute Gasteiger partial charge is 0.0876 e. The summed E-state index contributed by atoms with van der Waals surface area (Å²) < 4.78 is 5.70. The van der Waals surface area contributed by atoms with Crippen LogP contribution in [0.4, 0.5) is 0 Å². The van der Waals surface area contributed by atoms with Gasteiger partial charge in [0.25, 0.3) is 0 Å². The second-order valence-corrected chi connectivity index (χ2v) is 5.59. The molecule has 0 saturated carbocycles. The molecule has 1 heterocycles. The molecule has 110 valence electrons. The molecule has 0 bridgehead atoms. The van der Waals surface area contributed by atoms with Crippen LogP contribution in [-0.4, -0.2) is 12.2 Å². The highest BCUT2D eigenvalue weighted by molar-refractivity contribution is 4.97. The van der Waals surface area contributed by atoms with E-state index in [1.807, 2.05) is 0 Å². The van der Waals surface area contributed by atoms with Crippen LogP contribution in [0.5, 0.6) is 0 Å². The monoisotopic (exact) mass is 264 g/mol. The van der Waals surface area contributed by atoms with Gasteiger partial charge in [0.2, 0.25) is 0 Å². The van der Waals surface area contributed by atoms with E-state index in [4.69, 9.17) is 4.74 Å². The van der Waals surface area contributed by atoms with Crippen molar-refractivity contribution in [2.75, 3.05) is 0 Å². The van der Waals surface area contributed by atoms with Crippen molar-refractivity contribution in [1.29, 1.82) is 0 Å². The van der Waals surface area contributed by atoms with Crippen LogP contribution in [0.3, 0.4) is 0 Å². The molecular formula is C18H32O. The summed E-state index contributed by atoms with van der Waals surface area (Å²) in [7, 11) is 0. The zero-order chi connectivity index (χ0) is 13.8. The number of unbranched alkanes of at least 4 members (excludes halogenated alkanes) is 5. The molecule has 1 aliphatic rings. The van der Waals surface area contributed by atoms with E-state index in [9.17, 15) is 0 Å². The third-order valence-electron chi connectivity index (χ3n) is 3.74. The predicted octanol–water partition coefficient (Wildman–Crippen LogP) is 5.81. The molecule has 1 fully saturated rings.